The van der Waals surface area contributed by atoms with Crippen molar-refractivity contribution in [3.05, 3.63) is 18.2 Å². The summed E-state index contributed by atoms with van der Waals surface area (Å²) in [5.41, 5.74) is 8.08. The van der Waals surface area contributed by atoms with E-state index in [1.54, 1.807) is 0 Å². The normalized spacial score (nSPS) is 26.9. The molecule has 1 aromatic carbocycles. The molecule has 2 aliphatic heterocycles. The fraction of sp³-hybridized carbons (Fsp3) is 0.500. The van der Waals surface area contributed by atoms with E-state index in [2.05, 4.69) is 15.2 Å². The number of hydrogen-bond acceptors (Lipinski definition) is 5. The molecule has 4 rings (SSSR count). The van der Waals surface area contributed by atoms with Crippen molar-refractivity contribution in [1.82, 2.24) is 9.88 Å². The van der Waals surface area contributed by atoms with E-state index in [1.807, 2.05) is 18.2 Å². The third kappa shape index (κ3) is 1.76. The number of nitrogens with zero attached hydrogens (tertiary/aromatic N) is 2. The summed E-state index contributed by atoms with van der Waals surface area (Å²) in [6.07, 6.45) is 3.75. The lowest BCUT2D eigenvalue weighted by atomic mass is 10.1. The molecule has 5 nitrogen and oxygen atoms in total. The topological polar surface area (TPSA) is 67.3 Å². The van der Waals surface area contributed by atoms with E-state index < -0.39 is 0 Å². The quantitative estimate of drug-likeness (QED) is 0.807. The van der Waals surface area contributed by atoms with Gasteiger partial charge in [-0.3, -0.25) is 4.90 Å². The summed E-state index contributed by atoms with van der Waals surface area (Å²) in [7, 11) is 0. The van der Waals surface area contributed by atoms with Crippen molar-refractivity contribution in [3.63, 3.8) is 0 Å². The first-order chi connectivity index (χ1) is 9.31. The Labute approximate surface area is 111 Å². The average molecular weight is 258 g/mol. The Balaban J connectivity index is 1.60. The second kappa shape index (κ2) is 4.13. The maximum absolute atomic E-state index is 5.90. The van der Waals surface area contributed by atoms with E-state index >= 15 is 0 Å². The van der Waals surface area contributed by atoms with Crippen LogP contribution in [-0.4, -0.2) is 35.1 Å². The van der Waals surface area contributed by atoms with Crippen molar-refractivity contribution >= 4 is 22.8 Å². The summed E-state index contributed by atoms with van der Waals surface area (Å²) in [6, 6.07) is 7.35. The van der Waals surface area contributed by atoms with Gasteiger partial charge in [-0.1, -0.05) is 6.07 Å². The fourth-order valence-electron chi connectivity index (χ4n) is 3.44. The van der Waals surface area contributed by atoms with Gasteiger partial charge in [0.15, 0.2) is 5.58 Å². The summed E-state index contributed by atoms with van der Waals surface area (Å²) < 4.78 is 5.74. The van der Waals surface area contributed by atoms with Crippen LogP contribution >= 0.6 is 0 Å². The number of nitrogens with two attached hydrogens (primary N) is 1. The van der Waals surface area contributed by atoms with Gasteiger partial charge >= 0.3 is 0 Å². The first-order valence-electron chi connectivity index (χ1n) is 6.97. The molecular formula is C14H18N4O. The highest BCUT2D eigenvalue weighted by Crippen LogP contribution is 2.31. The van der Waals surface area contributed by atoms with Gasteiger partial charge in [0.1, 0.15) is 5.52 Å². The molecular weight excluding hydrogens is 240 g/mol. The molecule has 0 amide bonds. The van der Waals surface area contributed by atoms with Gasteiger partial charge in [0.05, 0.1) is 5.69 Å². The number of benzene rings is 1. The van der Waals surface area contributed by atoms with Crippen LogP contribution in [0.3, 0.4) is 0 Å². The molecule has 2 fully saturated rings. The largest absolute Gasteiger partial charge is 0.423 e. The van der Waals surface area contributed by atoms with Crippen LogP contribution < -0.4 is 11.1 Å². The minimum atomic E-state index is 0.455. The van der Waals surface area contributed by atoms with Gasteiger partial charge in [-0.05, 0) is 37.9 Å². The second-order valence-corrected chi connectivity index (χ2v) is 5.50. The van der Waals surface area contributed by atoms with Crippen molar-refractivity contribution in [1.29, 1.82) is 0 Å². The number of rotatable bonds is 2. The van der Waals surface area contributed by atoms with Crippen LogP contribution in [0, 0.1) is 0 Å². The zero-order valence-electron chi connectivity index (χ0n) is 10.8. The molecule has 5 heteroatoms. The van der Waals surface area contributed by atoms with Gasteiger partial charge in [-0.2, -0.15) is 4.98 Å². The summed E-state index contributed by atoms with van der Waals surface area (Å²) in [6.45, 7) is 2.42. The average Bonchev–Trinajstić information content (AvgIpc) is 3.07. The number of para-hydroxylation sites is 1. The van der Waals surface area contributed by atoms with Gasteiger partial charge in [0, 0.05) is 18.6 Å². The number of nitrogens with one attached hydrogen (secondary N) is 1. The Morgan fingerprint density at radius 1 is 1.32 bits per heavy atom. The second-order valence-electron chi connectivity index (χ2n) is 5.50. The molecule has 2 unspecified atom stereocenters. The van der Waals surface area contributed by atoms with Gasteiger partial charge in [0.2, 0.25) is 0 Å². The first-order valence-corrected chi connectivity index (χ1v) is 6.97. The van der Waals surface area contributed by atoms with E-state index in [0.717, 1.165) is 11.1 Å². The number of hydrogen-bond donors (Lipinski definition) is 2. The fourth-order valence-corrected chi connectivity index (χ4v) is 3.44. The van der Waals surface area contributed by atoms with Crippen LogP contribution in [-0.2, 0) is 0 Å². The third-order valence-electron chi connectivity index (χ3n) is 4.37. The van der Waals surface area contributed by atoms with Crippen molar-refractivity contribution in [2.45, 2.75) is 31.3 Å². The zero-order valence-corrected chi connectivity index (χ0v) is 10.8. The molecule has 3 heterocycles. The molecule has 19 heavy (non-hydrogen) atoms. The highest BCUT2D eigenvalue weighted by molar-refractivity contribution is 5.86. The van der Waals surface area contributed by atoms with Crippen molar-refractivity contribution in [2.75, 3.05) is 24.1 Å². The van der Waals surface area contributed by atoms with Gasteiger partial charge < -0.3 is 15.5 Å². The summed E-state index contributed by atoms with van der Waals surface area (Å²) in [5, 5.41) is 3.45. The van der Waals surface area contributed by atoms with E-state index in [-0.39, 0.29) is 0 Å². The predicted octanol–water partition coefficient (Wildman–Crippen LogP) is 2.06. The van der Waals surface area contributed by atoms with E-state index in [9.17, 15) is 0 Å². The number of oxazole rings is 1. The molecule has 0 saturated carbocycles. The van der Waals surface area contributed by atoms with Gasteiger partial charge in [0.25, 0.3) is 6.01 Å². The van der Waals surface area contributed by atoms with E-state index in [1.165, 1.54) is 32.4 Å². The number of nitrogen functional groups attached to an aromatic ring is 1. The summed E-state index contributed by atoms with van der Waals surface area (Å²) in [5.74, 6) is 0. The number of aromatic nitrogens is 1. The maximum Gasteiger partial charge on any atom is 0.296 e. The van der Waals surface area contributed by atoms with Crippen LogP contribution in [0.25, 0.3) is 11.1 Å². The molecule has 3 N–H and O–H groups in total. The van der Waals surface area contributed by atoms with Crippen LogP contribution in [0.5, 0.6) is 0 Å². The van der Waals surface area contributed by atoms with Crippen molar-refractivity contribution in [2.24, 2.45) is 0 Å². The Bertz CT molecular complexity index is 609. The highest BCUT2D eigenvalue weighted by atomic mass is 16.4. The van der Waals surface area contributed by atoms with E-state index in [4.69, 9.17) is 10.2 Å². The molecule has 2 aromatic rings. The first kappa shape index (κ1) is 11.1. The minimum Gasteiger partial charge on any atom is -0.423 e. The lowest BCUT2D eigenvalue weighted by molar-refractivity contribution is 0.317. The van der Waals surface area contributed by atoms with Crippen molar-refractivity contribution in [3.8, 4) is 0 Å². The van der Waals surface area contributed by atoms with Crippen molar-refractivity contribution < 1.29 is 4.42 Å². The SMILES string of the molecule is Nc1cccc2oc(NC3CCN4CCCC34)nc12. The zero-order chi connectivity index (χ0) is 12.8. The van der Waals surface area contributed by atoms with Crippen LogP contribution in [0.2, 0.25) is 0 Å². The van der Waals surface area contributed by atoms with E-state index in [0.29, 0.717) is 23.8 Å². The Kier molecular flexibility index (Phi) is 2.41. The molecule has 0 aliphatic carbocycles. The molecule has 0 radical (unpaired) electrons. The Morgan fingerprint density at radius 2 is 2.26 bits per heavy atom. The standard InChI is InChI=1S/C14H18N4O/c15-9-3-1-5-12-13(9)17-14(19-12)16-10-6-8-18-7-2-4-11(10)18/h1,3,5,10-11H,2,4,6-8,15H2,(H,16,17). The Morgan fingerprint density at radius 3 is 3.16 bits per heavy atom. The summed E-state index contributed by atoms with van der Waals surface area (Å²) >= 11 is 0. The lowest BCUT2D eigenvalue weighted by Gasteiger charge is -2.20. The third-order valence-corrected chi connectivity index (χ3v) is 4.37. The minimum absolute atomic E-state index is 0.455. The molecule has 2 saturated heterocycles. The summed E-state index contributed by atoms with van der Waals surface area (Å²) in [4.78, 5) is 7.03. The smallest absolute Gasteiger partial charge is 0.296 e. The molecule has 1 aromatic heterocycles. The van der Waals surface area contributed by atoms with Gasteiger partial charge in [-0.15, -0.1) is 0 Å². The molecule has 2 atom stereocenters. The van der Waals surface area contributed by atoms with Crippen LogP contribution in [0.4, 0.5) is 11.7 Å². The highest BCUT2D eigenvalue weighted by Gasteiger charge is 2.37. The monoisotopic (exact) mass is 258 g/mol. The number of fused-ring (bicyclic) bond motifs is 2. The number of anilines is 2. The van der Waals surface area contributed by atoms with Gasteiger partial charge in [-0.25, -0.2) is 0 Å². The van der Waals surface area contributed by atoms with Crippen LogP contribution in [0.15, 0.2) is 22.6 Å². The predicted molar refractivity (Wildman–Crippen MR) is 75.0 cm³/mol. The molecule has 100 valence electrons. The molecule has 0 spiro atoms. The van der Waals surface area contributed by atoms with Crippen LogP contribution in [0.1, 0.15) is 19.3 Å². The Hall–Kier alpha value is -1.75. The molecule has 2 aliphatic rings. The maximum atomic E-state index is 5.90. The lowest BCUT2D eigenvalue weighted by Crippen LogP contribution is -2.33. The molecule has 0 bridgehead atoms.